The highest BCUT2D eigenvalue weighted by Crippen LogP contribution is 2.11. The number of hydrogen-bond donors (Lipinski definition) is 0. The molecule has 2 aromatic rings. The summed E-state index contributed by atoms with van der Waals surface area (Å²) in [6.07, 6.45) is 6.16. The zero-order valence-corrected chi connectivity index (χ0v) is 11.1. The minimum atomic E-state index is -0.127. The SMILES string of the molecule is CC(C)CN(Cc1ccco1)C(=O)c1cnccn1. The predicted octanol–water partition coefficient (Wildman–Crippen LogP) is 2.37. The zero-order valence-electron chi connectivity index (χ0n) is 11.1. The van der Waals surface area contributed by atoms with Gasteiger partial charge in [-0.1, -0.05) is 13.8 Å². The molecule has 2 rings (SSSR count). The average molecular weight is 259 g/mol. The van der Waals surface area contributed by atoms with Crippen molar-refractivity contribution in [1.29, 1.82) is 0 Å². The maximum Gasteiger partial charge on any atom is 0.274 e. The van der Waals surface area contributed by atoms with E-state index in [1.165, 1.54) is 12.4 Å². The first-order valence-electron chi connectivity index (χ1n) is 6.24. The summed E-state index contributed by atoms with van der Waals surface area (Å²) in [6.45, 7) is 5.23. The highest BCUT2D eigenvalue weighted by molar-refractivity contribution is 5.91. The van der Waals surface area contributed by atoms with Gasteiger partial charge >= 0.3 is 0 Å². The Hall–Kier alpha value is -2.17. The second-order valence-electron chi connectivity index (χ2n) is 4.75. The highest BCUT2D eigenvalue weighted by atomic mass is 16.3. The molecular formula is C14H17N3O2. The van der Waals surface area contributed by atoms with Crippen LogP contribution in [0.25, 0.3) is 0 Å². The third-order valence-electron chi connectivity index (χ3n) is 2.58. The molecule has 100 valence electrons. The van der Waals surface area contributed by atoms with Crippen molar-refractivity contribution in [3.05, 3.63) is 48.4 Å². The van der Waals surface area contributed by atoms with Crippen LogP contribution >= 0.6 is 0 Å². The smallest absolute Gasteiger partial charge is 0.274 e. The largest absolute Gasteiger partial charge is 0.467 e. The van der Waals surface area contributed by atoms with E-state index in [0.717, 1.165) is 5.76 Å². The molecule has 0 unspecified atom stereocenters. The van der Waals surface area contributed by atoms with Crippen molar-refractivity contribution in [2.45, 2.75) is 20.4 Å². The standard InChI is InChI=1S/C14H17N3O2/c1-11(2)9-17(10-12-4-3-7-19-12)14(18)13-8-15-5-6-16-13/h3-8,11H,9-10H2,1-2H3. The summed E-state index contributed by atoms with van der Waals surface area (Å²) in [7, 11) is 0. The summed E-state index contributed by atoms with van der Waals surface area (Å²) in [6, 6.07) is 3.67. The van der Waals surface area contributed by atoms with Crippen LogP contribution in [0.5, 0.6) is 0 Å². The average Bonchev–Trinajstić information content (AvgIpc) is 2.90. The summed E-state index contributed by atoms with van der Waals surface area (Å²) in [5.74, 6) is 1.01. The quantitative estimate of drug-likeness (QED) is 0.827. The molecule has 0 spiro atoms. The molecule has 5 nitrogen and oxygen atoms in total. The lowest BCUT2D eigenvalue weighted by Gasteiger charge is -2.23. The molecule has 0 atom stereocenters. The van der Waals surface area contributed by atoms with E-state index in [1.54, 1.807) is 17.4 Å². The summed E-state index contributed by atoms with van der Waals surface area (Å²) in [5.41, 5.74) is 0.356. The van der Waals surface area contributed by atoms with Crippen LogP contribution in [0.3, 0.4) is 0 Å². The predicted molar refractivity (Wildman–Crippen MR) is 70.3 cm³/mol. The molecule has 0 N–H and O–H groups in total. The molecule has 1 amide bonds. The van der Waals surface area contributed by atoms with Gasteiger partial charge in [-0.2, -0.15) is 0 Å². The van der Waals surface area contributed by atoms with Crippen molar-refractivity contribution in [3.63, 3.8) is 0 Å². The van der Waals surface area contributed by atoms with Crippen LogP contribution in [0.2, 0.25) is 0 Å². The van der Waals surface area contributed by atoms with Crippen molar-refractivity contribution >= 4 is 5.91 Å². The van der Waals surface area contributed by atoms with Crippen LogP contribution in [0.1, 0.15) is 30.1 Å². The Morgan fingerprint density at radius 2 is 2.26 bits per heavy atom. The van der Waals surface area contributed by atoms with Gasteiger partial charge in [0.1, 0.15) is 11.5 Å². The summed E-state index contributed by atoms with van der Waals surface area (Å²) >= 11 is 0. The minimum Gasteiger partial charge on any atom is -0.467 e. The van der Waals surface area contributed by atoms with Gasteiger partial charge in [0, 0.05) is 18.9 Å². The number of aromatic nitrogens is 2. The maximum atomic E-state index is 12.4. The van der Waals surface area contributed by atoms with E-state index in [4.69, 9.17) is 4.42 Å². The second-order valence-corrected chi connectivity index (χ2v) is 4.75. The lowest BCUT2D eigenvalue weighted by atomic mass is 10.2. The van der Waals surface area contributed by atoms with E-state index < -0.39 is 0 Å². The molecule has 0 aliphatic rings. The molecule has 0 aliphatic heterocycles. The molecule has 5 heteroatoms. The highest BCUT2D eigenvalue weighted by Gasteiger charge is 2.19. The van der Waals surface area contributed by atoms with E-state index in [9.17, 15) is 4.79 Å². The first-order valence-corrected chi connectivity index (χ1v) is 6.24. The summed E-state index contributed by atoms with van der Waals surface area (Å²) in [4.78, 5) is 22.1. The lowest BCUT2D eigenvalue weighted by Crippen LogP contribution is -2.34. The molecular weight excluding hydrogens is 242 g/mol. The van der Waals surface area contributed by atoms with E-state index in [2.05, 4.69) is 23.8 Å². The maximum absolute atomic E-state index is 12.4. The Labute approximate surface area is 112 Å². The van der Waals surface area contributed by atoms with Gasteiger partial charge in [0.2, 0.25) is 0 Å². The molecule has 0 fully saturated rings. The van der Waals surface area contributed by atoms with Crippen LogP contribution in [0.15, 0.2) is 41.4 Å². The second kappa shape index (κ2) is 6.13. The van der Waals surface area contributed by atoms with Crippen molar-refractivity contribution in [3.8, 4) is 0 Å². The van der Waals surface area contributed by atoms with Crippen LogP contribution in [0.4, 0.5) is 0 Å². The Morgan fingerprint density at radius 1 is 1.42 bits per heavy atom. The summed E-state index contributed by atoms with van der Waals surface area (Å²) in [5, 5.41) is 0. The van der Waals surface area contributed by atoms with Crippen molar-refractivity contribution in [1.82, 2.24) is 14.9 Å². The number of nitrogens with zero attached hydrogens (tertiary/aromatic N) is 3. The number of rotatable bonds is 5. The number of amides is 1. The fourth-order valence-corrected chi connectivity index (χ4v) is 1.82. The van der Waals surface area contributed by atoms with Gasteiger partial charge in [0.15, 0.2) is 0 Å². The topological polar surface area (TPSA) is 59.2 Å². The Kier molecular flexibility index (Phi) is 4.28. The fraction of sp³-hybridized carbons (Fsp3) is 0.357. The first kappa shape index (κ1) is 13.3. The zero-order chi connectivity index (χ0) is 13.7. The van der Waals surface area contributed by atoms with Crippen LogP contribution < -0.4 is 0 Å². The molecule has 0 saturated carbocycles. The number of carbonyl (C=O) groups excluding carboxylic acids is 1. The van der Waals surface area contributed by atoms with E-state index >= 15 is 0 Å². The van der Waals surface area contributed by atoms with Crippen molar-refractivity contribution < 1.29 is 9.21 Å². The number of furan rings is 1. The van der Waals surface area contributed by atoms with Gasteiger partial charge in [-0.3, -0.25) is 9.78 Å². The van der Waals surface area contributed by atoms with Crippen molar-refractivity contribution in [2.75, 3.05) is 6.54 Å². The van der Waals surface area contributed by atoms with Gasteiger partial charge in [0.05, 0.1) is 19.0 Å². The van der Waals surface area contributed by atoms with Gasteiger partial charge in [-0.05, 0) is 18.1 Å². The number of carbonyl (C=O) groups is 1. The molecule has 2 aromatic heterocycles. The summed E-state index contributed by atoms with van der Waals surface area (Å²) < 4.78 is 5.30. The van der Waals surface area contributed by atoms with Gasteiger partial charge < -0.3 is 9.32 Å². The monoisotopic (exact) mass is 259 g/mol. The van der Waals surface area contributed by atoms with Gasteiger partial charge in [-0.15, -0.1) is 0 Å². The van der Waals surface area contributed by atoms with Gasteiger partial charge in [0.25, 0.3) is 5.91 Å². The Bertz CT molecular complexity index is 509. The Balaban J connectivity index is 2.15. The van der Waals surface area contributed by atoms with Crippen LogP contribution in [0, 0.1) is 5.92 Å². The molecule has 0 aromatic carbocycles. The molecule has 0 bridgehead atoms. The van der Waals surface area contributed by atoms with E-state index in [-0.39, 0.29) is 5.91 Å². The normalized spacial score (nSPS) is 10.7. The third kappa shape index (κ3) is 3.64. The Morgan fingerprint density at radius 3 is 2.84 bits per heavy atom. The third-order valence-corrected chi connectivity index (χ3v) is 2.58. The molecule has 0 aliphatic carbocycles. The minimum absolute atomic E-state index is 0.127. The molecule has 2 heterocycles. The fourth-order valence-electron chi connectivity index (χ4n) is 1.82. The van der Waals surface area contributed by atoms with E-state index in [1.807, 2.05) is 12.1 Å². The van der Waals surface area contributed by atoms with Gasteiger partial charge in [-0.25, -0.2) is 4.98 Å². The van der Waals surface area contributed by atoms with Crippen molar-refractivity contribution in [2.24, 2.45) is 5.92 Å². The first-order chi connectivity index (χ1) is 9.16. The molecule has 0 saturated heterocycles. The van der Waals surface area contributed by atoms with Crippen LogP contribution in [-0.2, 0) is 6.54 Å². The lowest BCUT2D eigenvalue weighted by molar-refractivity contribution is 0.0703. The molecule has 19 heavy (non-hydrogen) atoms. The van der Waals surface area contributed by atoms with Crippen LogP contribution in [-0.4, -0.2) is 27.3 Å². The van der Waals surface area contributed by atoms with E-state index in [0.29, 0.717) is 24.7 Å². The molecule has 0 radical (unpaired) electrons. The number of hydrogen-bond acceptors (Lipinski definition) is 4.